The Labute approximate surface area is 219 Å². The number of likely N-dealkylation sites (tertiary alicyclic amines) is 1. The van der Waals surface area contributed by atoms with Gasteiger partial charge in [0.2, 0.25) is 5.91 Å². The summed E-state index contributed by atoms with van der Waals surface area (Å²) in [6.07, 6.45) is 1.95. The molecule has 0 radical (unpaired) electrons. The van der Waals surface area contributed by atoms with Gasteiger partial charge in [0.05, 0.1) is 12.1 Å². The molecule has 188 valence electrons. The Morgan fingerprint density at radius 1 is 1.03 bits per heavy atom. The molecule has 1 aliphatic rings. The molecule has 0 bridgehead atoms. The number of carbonyl (C=O) groups excluding carboxylic acids is 1. The number of amides is 1. The maximum Gasteiger partial charge on any atom is 0.336 e. The lowest BCUT2D eigenvalue weighted by molar-refractivity contribution is -0.117. The van der Waals surface area contributed by atoms with Gasteiger partial charge in [0, 0.05) is 22.7 Å². The van der Waals surface area contributed by atoms with E-state index in [0.29, 0.717) is 22.8 Å². The average Bonchev–Trinajstić information content (AvgIpc) is 2.86. The number of ether oxygens (including phenoxy) is 1. The molecule has 8 heteroatoms. The molecule has 1 fully saturated rings. The van der Waals surface area contributed by atoms with Gasteiger partial charge in [-0.05, 0) is 103 Å². The van der Waals surface area contributed by atoms with Crippen molar-refractivity contribution in [2.75, 3.05) is 32.0 Å². The number of aromatic carboxylic acids is 1. The zero-order valence-corrected chi connectivity index (χ0v) is 21.8. The summed E-state index contributed by atoms with van der Waals surface area (Å²) in [6, 6.07) is 22.7. The predicted octanol–water partition coefficient (Wildman–Crippen LogP) is 5.47. The molecular formula is C28H30BrN3O4. The van der Waals surface area contributed by atoms with E-state index in [0.717, 1.165) is 49.5 Å². The number of likely N-dealkylation sites (N-methyl/N-ethyl adjacent to an activating group) is 1. The fourth-order valence-electron chi connectivity index (χ4n) is 4.39. The van der Waals surface area contributed by atoms with Crippen LogP contribution in [0.2, 0.25) is 0 Å². The number of hydrogen-bond donors (Lipinski definition) is 2. The second-order valence-corrected chi connectivity index (χ2v) is 9.88. The van der Waals surface area contributed by atoms with Crippen LogP contribution in [0.5, 0.6) is 11.5 Å². The summed E-state index contributed by atoms with van der Waals surface area (Å²) in [5.41, 5.74) is 2.09. The number of rotatable bonds is 9. The number of piperidine rings is 1. The van der Waals surface area contributed by atoms with Crippen molar-refractivity contribution < 1.29 is 19.4 Å². The summed E-state index contributed by atoms with van der Waals surface area (Å²) < 4.78 is 6.40. The lowest BCUT2D eigenvalue weighted by Gasteiger charge is -2.36. The predicted molar refractivity (Wildman–Crippen MR) is 144 cm³/mol. The SMILES string of the molecule is CN(CC(=O)Nc1ccc(Oc2ccccc2)cc1)C1CCN(Cc2ccc(C(=O)O)c(Br)c2)CC1. The van der Waals surface area contributed by atoms with Crippen LogP contribution in [0.4, 0.5) is 5.69 Å². The minimum atomic E-state index is -0.935. The first-order valence-electron chi connectivity index (χ1n) is 11.9. The lowest BCUT2D eigenvalue weighted by atomic mass is 10.0. The molecule has 0 aliphatic carbocycles. The monoisotopic (exact) mass is 551 g/mol. The molecule has 2 N–H and O–H groups in total. The third-order valence-electron chi connectivity index (χ3n) is 6.36. The van der Waals surface area contributed by atoms with Crippen LogP contribution in [0.1, 0.15) is 28.8 Å². The highest BCUT2D eigenvalue weighted by Gasteiger charge is 2.24. The van der Waals surface area contributed by atoms with E-state index in [9.17, 15) is 14.7 Å². The fourth-order valence-corrected chi connectivity index (χ4v) is 4.99. The maximum absolute atomic E-state index is 12.6. The summed E-state index contributed by atoms with van der Waals surface area (Å²) in [5, 5.41) is 12.2. The summed E-state index contributed by atoms with van der Waals surface area (Å²) in [4.78, 5) is 28.3. The molecule has 7 nitrogen and oxygen atoms in total. The molecule has 3 aromatic rings. The Bertz CT molecular complexity index is 1180. The van der Waals surface area contributed by atoms with Gasteiger partial charge in [-0.2, -0.15) is 0 Å². The molecule has 1 aliphatic heterocycles. The number of carboxylic acids is 1. The number of hydrogen-bond acceptors (Lipinski definition) is 5. The number of para-hydroxylation sites is 1. The van der Waals surface area contributed by atoms with Crippen LogP contribution in [-0.4, -0.2) is 59.5 Å². The van der Waals surface area contributed by atoms with E-state index in [1.54, 1.807) is 6.07 Å². The molecule has 0 spiro atoms. The maximum atomic E-state index is 12.6. The highest BCUT2D eigenvalue weighted by molar-refractivity contribution is 9.10. The Kier molecular flexibility index (Phi) is 8.74. The Morgan fingerprint density at radius 2 is 1.69 bits per heavy atom. The van der Waals surface area contributed by atoms with E-state index in [2.05, 4.69) is 31.0 Å². The van der Waals surface area contributed by atoms with Crippen molar-refractivity contribution in [2.24, 2.45) is 0 Å². The highest BCUT2D eigenvalue weighted by Crippen LogP contribution is 2.24. The number of nitrogens with one attached hydrogen (secondary N) is 1. The normalized spacial score (nSPS) is 14.5. The van der Waals surface area contributed by atoms with Crippen molar-refractivity contribution in [1.29, 1.82) is 0 Å². The van der Waals surface area contributed by atoms with Crippen LogP contribution in [-0.2, 0) is 11.3 Å². The number of halogens is 1. The van der Waals surface area contributed by atoms with Gasteiger partial charge in [-0.1, -0.05) is 24.3 Å². The van der Waals surface area contributed by atoms with Gasteiger partial charge < -0.3 is 15.2 Å². The first-order valence-corrected chi connectivity index (χ1v) is 12.7. The second-order valence-electron chi connectivity index (χ2n) is 9.03. The van der Waals surface area contributed by atoms with Crippen LogP contribution in [0.25, 0.3) is 0 Å². The number of anilines is 1. The molecule has 1 saturated heterocycles. The summed E-state index contributed by atoms with van der Waals surface area (Å²) >= 11 is 3.35. The number of benzene rings is 3. The zero-order chi connectivity index (χ0) is 25.5. The third kappa shape index (κ3) is 7.16. The standard InChI is InChI=1S/C28H30BrN3O4/c1-31(19-27(33)30-21-8-10-24(11-9-21)36-23-5-3-2-4-6-23)22-13-15-32(16-14-22)18-20-7-12-25(28(34)35)26(29)17-20/h2-12,17,22H,13-16,18-19H2,1H3,(H,30,33)(H,34,35). The Balaban J connectivity index is 1.21. The third-order valence-corrected chi connectivity index (χ3v) is 7.02. The summed E-state index contributed by atoms with van der Waals surface area (Å²) in [6.45, 7) is 2.96. The van der Waals surface area contributed by atoms with E-state index < -0.39 is 5.97 Å². The van der Waals surface area contributed by atoms with Crippen LogP contribution in [0, 0.1) is 0 Å². The van der Waals surface area contributed by atoms with Crippen molar-refractivity contribution in [3.8, 4) is 11.5 Å². The molecule has 0 aromatic heterocycles. The zero-order valence-electron chi connectivity index (χ0n) is 20.2. The van der Waals surface area contributed by atoms with Crippen molar-refractivity contribution in [3.63, 3.8) is 0 Å². The number of carbonyl (C=O) groups is 2. The van der Waals surface area contributed by atoms with Gasteiger partial charge >= 0.3 is 5.97 Å². The molecule has 0 atom stereocenters. The van der Waals surface area contributed by atoms with Crippen molar-refractivity contribution in [2.45, 2.75) is 25.4 Å². The van der Waals surface area contributed by atoms with E-state index in [-0.39, 0.29) is 11.5 Å². The van der Waals surface area contributed by atoms with Gasteiger partial charge in [-0.3, -0.25) is 14.6 Å². The number of carboxylic acid groups (broad SMARTS) is 1. The van der Waals surface area contributed by atoms with Crippen molar-refractivity contribution in [1.82, 2.24) is 9.80 Å². The van der Waals surface area contributed by atoms with E-state index in [4.69, 9.17) is 4.74 Å². The Hall–Kier alpha value is -3.20. The van der Waals surface area contributed by atoms with Crippen LogP contribution >= 0.6 is 15.9 Å². The molecule has 4 rings (SSSR count). The topological polar surface area (TPSA) is 82.1 Å². The van der Waals surface area contributed by atoms with Gasteiger partial charge in [-0.15, -0.1) is 0 Å². The number of nitrogens with zero attached hydrogens (tertiary/aromatic N) is 2. The van der Waals surface area contributed by atoms with Gasteiger partial charge in [0.25, 0.3) is 0 Å². The van der Waals surface area contributed by atoms with Crippen LogP contribution in [0.3, 0.4) is 0 Å². The largest absolute Gasteiger partial charge is 0.478 e. The molecule has 1 heterocycles. The minimum absolute atomic E-state index is 0.0416. The quantitative estimate of drug-likeness (QED) is 0.366. The molecule has 3 aromatic carbocycles. The van der Waals surface area contributed by atoms with Gasteiger partial charge in [0.15, 0.2) is 0 Å². The smallest absolute Gasteiger partial charge is 0.336 e. The summed E-state index contributed by atoms with van der Waals surface area (Å²) in [5.74, 6) is 0.509. The first-order chi connectivity index (χ1) is 17.4. The highest BCUT2D eigenvalue weighted by atomic mass is 79.9. The van der Waals surface area contributed by atoms with E-state index in [1.807, 2.05) is 73.8 Å². The lowest BCUT2D eigenvalue weighted by Crippen LogP contribution is -2.45. The van der Waals surface area contributed by atoms with Gasteiger partial charge in [-0.25, -0.2) is 4.79 Å². The Morgan fingerprint density at radius 3 is 2.33 bits per heavy atom. The molecule has 0 unspecified atom stereocenters. The molecule has 0 saturated carbocycles. The molecular weight excluding hydrogens is 522 g/mol. The van der Waals surface area contributed by atoms with Crippen LogP contribution < -0.4 is 10.1 Å². The second kappa shape index (κ2) is 12.2. The average molecular weight is 552 g/mol. The fraction of sp³-hybridized carbons (Fsp3) is 0.286. The van der Waals surface area contributed by atoms with E-state index in [1.165, 1.54) is 0 Å². The molecule has 1 amide bonds. The van der Waals surface area contributed by atoms with Crippen LogP contribution in [0.15, 0.2) is 77.3 Å². The minimum Gasteiger partial charge on any atom is -0.478 e. The summed E-state index contributed by atoms with van der Waals surface area (Å²) in [7, 11) is 2.00. The molecule has 36 heavy (non-hydrogen) atoms. The van der Waals surface area contributed by atoms with Crippen molar-refractivity contribution >= 4 is 33.5 Å². The van der Waals surface area contributed by atoms with E-state index >= 15 is 0 Å². The first kappa shape index (κ1) is 25.9. The van der Waals surface area contributed by atoms with Gasteiger partial charge in [0.1, 0.15) is 11.5 Å². The van der Waals surface area contributed by atoms with Crippen molar-refractivity contribution in [3.05, 3.63) is 88.4 Å².